The normalized spacial score (nSPS) is 21.0. The molecule has 0 saturated carbocycles. The van der Waals surface area contributed by atoms with Crippen molar-refractivity contribution in [1.29, 1.82) is 0 Å². The zero-order chi connectivity index (χ0) is 16.9. The van der Waals surface area contributed by atoms with Gasteiger partial charge >= 0.3 is 0 Å². The number of aliphatic hydroxyl groups is 1. The van der Waals surface area contributed by atoms with Gasteiger partial charge in [-0.15, -0.1) is 24.0 Å². The summed E-state index contributed by atoms with van der Waals surface area (Å²) in [6.07, 6.45) is -0.165. The van der Waals surface area contributed by atoms with Crippen LogP contribution < -0.4 is 10.6 Å². The van der Waals surface area contributed by atoms with Gasteiger partial charge < -0.3 is 15.7 Å². The van der Waals surface area contributed by atoms with Gasteiger partial charge in [-0.05, 0) is 31.0 Å². The number of benzene rings is 1. The zero-order valence-electron chi connectivity index (χ0n) is 13.4. The second-order valence-electron chi connectivity index (χ2n) is 5.53. The molecular weight excluding hydrogens is 465 g/mol. The van der Waals surface area contributed by atoms with Gasteiger partial charge in [0, 0.05) is 17.6 Å². The van der Waals surface area contributed by atoms with Gasteiger partial charge in [-0.1, -0.05) is 23.7 Å². The SMILES string of the molecule is CCNC(=NCC(O)c1ccc(Cl)cc1)NC1CCS(=O)(=O)C1.I. The van der Waals surface area contributed by atoms with Gasteiger partial charge in [-0.2, -0.15) is 0 Å². The summed E-state index contributed by atoms with van der Waals surface area (Å²) in [6, 6.07) is 6.82. The molecule has 2 rings (SSSR count). The highest BCUT2D eigenvalue weighted by atomic mass is 127. The van der Waals surface area contributed by atoms with E-state index in [-0.39, 0.29) is 48.1 Å². The highest BCUT2D eigenvalue weighted by Gasteiger charge is 2.28. The predicted molar refractivity (Wildman–Crippen MR) is 108 cm³/mol. The molecule has 1 aromatic rings. The van der Waals surface area contributed by atoms with Crippen molar-refractivity contribution < 1.29 is 13.5 Å². The number of aliphatic imine (C=N–C) groups is 1. The fourth-order valence-corrected chi connectivity index (χ4v) is 4.19. The Balaban J connectivity index is 0.00000288. The van der Waals surface area contributed by atoms with Crippen molar-refractivity contribution in [2.45, 2.75) is 25.5 Å². The lowest BCUT2D eigenvalue weighted by molar-refractivity contribution is 0.187. The van der Waals surface area contributed by atoms with Crippen LogP contribution in [0.5, 0.6) is 0 Å². The molecule has 0 radical (unpaired) electrons. The molecule has 0 amide bonds. The molecule has 0 aliphatic carbocycles. The Morgan fingerprint density at radius 2 is 2.08 bits per heavy atom. The van der Waals surface area contributed by atoms with E-state index in [9.17, 15) is 13.5 Å². The summed E-state index contributed by atoms with van der Waals surface area (Å²) >= 11 is 5.83. The number of guanidine groups is 1. The maximum absolute atomic E-state index is 11.5. The molecule has 1 saturated heterocycles. The van der Waals surface area contributed by atoms with Crippen molar-refractivity contribution in [2.24, 2.45) is 4.99 Å². The van der Waals surface area contributed by atoms with Crippen LogP contribution in [0.2, 0.25) is 5.02 Å². The minimum Gasteiger partial charge on any atom is -0.386 e. The molecule has 2 unspecified atom stereocenters. The van der Waals surface area contributed by atoms with E-state index >= 15 is 0 Å². The quantitative estimate of drug-likeness (QED) is 0.334. The van der Waals surface area contributed by atoms with E-state index in [4.69, 9.17) is 11.6 Å². The maximum atomic E-state index is 11.5. The van der Waals surface area contributed by atoms with Gasteiger partial charge in [0.05, 0.1) is 24.2 Å². The number of nitrogens with zero attached hydrogens (tertiary/aromatic N) is 1. The molecule has 1 aliphatic rings. The Labute approximate surface area is 165 Å². The van der Waals surface area contributed by atoms with E-state index in [0.717, 1.165) is 5.56 Å². The van der Waals surface area contributed by atoms with E-state index in [1.807, 2.05) is 6.92 Å². The van der Waals surface area contributed by atoms with Crippen LogP contribution in [-0.2, 0) is 9.84 Å². The molecule has 3 N–H and O–H groups in total. The number of hydrogen-bond acceptors (Lipinski definition) is 4. The first-order valence-corrected chi connectivity index (χ1v) is 9.78. The molecule has 24 heavy (non-hydrogen) atoms. The van der Waals surface area contributed by atoms with Crippen LogP contribution in [0.4, 0.5) is 0 Å². The lowest BCUT2D eigenvalue weighted by Gasteiger charge is -2.17. The van der Waals surface area contributed by atoms with Crippen molar-refractivity contribution in [3.8, 4) is 0 Å². The molecule has 2 atom stereocenters. The number of rotatable bonds is 5. The summed E-state index contributed by atoms with van der Waals surface area (Å²) in [5, 5.41) is 17.0. The topological polar surface area (TPSA) is 90.8 Å². The van der Waals surface area contributed by atoms with E-state index in [1.165, 1.54) is 0 Å². The number of halogens is 2. The maximum Gasteiger partial charge on any atom is 0.191 e. The smallest absolute Gasteiger partial charge is 0.191 e. The highest BCUT2D eigenvalue weighted by Crippen LogP contribution is 2.16. The summed E-state index contributed by atoms with van der Waals surface area (Å²) in [5.74, 6) is 0.844. The van der Waals surface area contributed by atoms with Crippen LogP contribution in [0, 0.1) is 0 Å². The Hall–Kier alpha value is -0.580. The summed E-state index contributed by atoms with van der Waals surface area (Å²) in [6.45, 7) is 2.76. The monoisotopic (exact) mass is 487 g/mol. The third-order valence-corrected chi connectivity index (χ3v) is 5.61. The second-order valence-corrected chi connectivity index (χ2v) is 8.20. The van der Waals surface area contributed by atoms with E-state index in [2.05, 4.69) is 15.6 Å². The van der Waals surface area contributed by atoms with E-state index < -0.39 is 15.9 Å². The van der Waals surface area contributed by atoms with Gasteiger partial charge in [0.25, 0.3) is 0 Å². The van der Waals surface area contributed by atoms with Crippen LogP contribution >= 0.6 is 35.6 Å². The fraction of sp³-hybridized carbons (Fsp3) is 0.533. The lowest BCUT2D eigenvalue weighted by atomic mass is 10.1. The van der Waals surface area contributed by atoms with Crippen molar-refractivity contribution in [3.63, 3.8) is 0 Å². The molecule has 1 heterocycles. The standard InChI is InChI=1S/C15H22ClN3O3S.HI/c1-2-17-15(19-13-7-8-23(21,22)10-13)18-9-14(20)11-3-5-12(16)6-4-11;/h3-6,13-14,20H,2,7-10H2,1H3,(H2,17,18,19);1H. The van der Waals surface area contributed by atoms with Crippen LogP contribution in [0.1, 0.15) is 25.0 Å². The number of nitrogens with one attached hydrogen (secondary N) is 2. The second kappa shape index (κ2) is 9.79. The number of sulfone groups is 1. The summed E-state index contributed by atoms with van der Waals surface area (Å²) in [5.41, 5.74) is 0.734. The lowest BCUT2D eigenvalue weighted by Crippen LogP contribution is -2.44. The first kappa shape index (κ1) is 21.5. The molecule has 9 heteroatoms. The summed E-state index contributed by atoms with van der Waals surface area (Å²) < 4.78 is 23.0. The molecule has 0 aromatic heterocycles. The molecule has 6 nitrogen and oxygen atoms in total. The van der Waals surface area contributed by atoms with Gasteiger partial charge in [0.15, 0.2) is 15.8 Å². The van der Waals surface area contributed by atoms with Gasteiger partial charge in [-0.3, -0.25) is 4.99 Å². The first-order chi connectivity index (χ1) is 10.9. The molecular formula is C15H23ClIN3O3S. The third kappa shape index (κ3) is 6.73. The van der Waals surface area contributed by atoms with Crippen LogP contribution in [0.3, 0.4) is 0 Å². The van der Waals surface area contributed by atoms with E-state index in [1.54, 1.807) is 24.3 Å². The third-order valence-electron chi connectivity index (χ3n) is 3.59. The molecule has 1 aromatic carbocycles. The van der Waals surface area contributed by atoms with Crippen molar-refractivity contribution in [2.75, 3.05) is 24.6 Å². The Kier molecular flexibility index (Phi) is 8.75. The van der Waals surface area contributed by atoms with E-state index in [0.29, 0.717) is 23.9 Å². The zero-order valence-corrected chi connectivity index (χ0v) is 17.3. The van der Waals surface area contributed by atoms with Crippen LogP contribution in [0.15, 0.2) is 29.3 Å². The molecule has 0 spiro atoms. The summed E-state index contributed by atoms with van der Waals surface area (Å²) in [4.78, 5) is 4.34. The predicted octanol–water partition coefficient (Wildman–Crippen LogP) is 1.73. The number of hydrogen-bond donors (Lipinski definition) is 3. The molecule has 0 bridgehead atoms. The minimum atomic E-state index is -2.94. The van der Waals surface area contributed by atoms with Crippen LogP contribution in [0.25, 0.3) is 0 Å². The molecule has 1 fully saturated rings. The largest absolute Gasteiger partial charge is 0.386 e. The Morgan fingerprint density at radius 3 is 2.62 bits per heavy atom. The Morgan fingerprint density at radius 1 is 1.42 bits per heavy atom. The Bertz CT molecular complexity index is 652. The van der Waals surface area contributed by atoms with Crippen molar-refractivity contribution in [3.05, 3.63) is 34.9 Å². The first-order valence-electron chi connectivity index (χ1n) is 7.58. The average Bonchev–Trinajstić information content (AvgIpc) is 2.84. The molecule has 136 valence electrons. The van der Waals surface area contributed by atoms with Crippen molar-refractivity contribution >= 4 is 51.4 Å². The van der Waals surface area contributed by atoms with Gasteiger partial charge in [-0.25, -0.2) is 8.42 Å². The summed E-state index contributed by atoms with van der Waals surface area (Å²) in [7, 11) is -2.94. The fourth-order valence-electron chi connectivity index (χ4n) is 2.39. The highest BCUT2D eigenvalue weighted by molar-refractivity contribution is 14.0. The molecule has 1 aliphatic heterocycles. The van der Waals surface area contributed by atoms with Crippen molar-refractivity contribution in [1.82, 2.24) is 10.6 Å². The van der Waals surface area contributed by atoms with Crippen LogP contribution in [-0.4, -0.2) is 50.1 Å². The average molecular weight is 488 g/mol. The van der Waals surface area contributed by atoms with Gasteiger partial charge in [0.2, 0.25) is 0 Å². The van der Waals surface area contributed by atoms with Gasteiger partial charge in [0.1, 0.15) is 0 Å². The number of aliphatic hydroxyl groups excluding tert-OH is 1. The minimum absolute atomic E-state index is 0.